The van der Waals surface area contributed by atoms with Crippen LogP contribution in [0, 0.1) is 0 Å². The van der Waals surface area contributed by atoms with Gasteiger partial charge in [-0.1, -0.05) is 48.0 Å². The smallest absolute Gasteiger partial charge is 0.325 e. The number of furan rings is 1. The van der Waals surface area contributed by atoms with Gasteiger partial charge in [0.15, 0.2) is 5.54 Å². The monoisotopic (exact) mass is 405 g/mol. The minimum absolute atomic E-state index is 0.0250. The molecule has 29 heavy (non-hydrogen) atoms. The van der Waals surface area contributed by atoms with Crippen LogP contribution in [0.5, 0.6) is 0 Å². The second-order valence-corrected chi connectivity index (χ2v) is 7.58. The molecule has 4 aromatic rings. The summed E-state index contributed by atoms with van der Waals surface area (Å²) in [5.41, 5.74) is 0.728. The average molecular weight is 406 g/mol. The number of aromatic nitrogens is 1. The lowest BCUT2D eigenvalue weighted by Crippen LogP contribution is -2.40. The number of para-hydroxylation sites is 2. The van der Waals surface area contributed by atoms with Crippen molar-refractivity contribution >= 4 is 45.4 Å². The quantitative estimate of drug-likeness (QED) is 0.399. The van der Waals surface area contributed by atoms with Crippen molar-refractivity contribution in [1.82, 2.24) is 15.2 Å². The van der Waals surface area contributed by atoms with E-state index in [0.29, 0.717) is 16.9 Å². The molecule has 3 amide bonds. The van der Waals surface area contributed by atoms with Gasteiger partial charge in [-0.25, -0.2) is 9.78 Å². The maximum atomic E-state index is 13.2. The number of carbonyl (C=O) groups is 2. The molecule has 0 spiro atoms. The van der Waals surface area contributed by atoms with Crippen molar-refractivity contribution in [2.75, 3.05) is 0 Å². The highest BCUT2D eigenvalue weighted by atomic mass is 35.5. The molecule has 7 heteroatoms. The van der Waals surface area contributed by atoms with Crippen LogP contribution in [-0.4, -0.2) is 21.8 Å². The zero-order chi connectivity index (χ0) is 20.2. The molecule has 1 unspecified atom stereocenters. The summed E-state index contributed by atoms with van der Waals surface area (Å²) < 4.78 is 5.85. The summed E-state index contributed by atoms with van der Waals surface area (Å²) in [6.07, 6.45) is 0. The highest BCUT2D eigenvalue weighted by Gasteiger charge is 2.51. The highest BCUT2D eigenvalue weighted by molar-refractivity contribution is 6.30. The summed E-state index contributed by atoms with van der Waals surface area (Å²) in [7, 11) is 0. The van der Waals surface area contributed by atoms with Crippen LogP contribution in [0.1, 0.15) is 18.2 Å². The number of rotatable bonds is 3. The van der Waals surface area contributed by atoms with Gasteiger partial charge in [0.25, 0.3) is 5.91 Å². The maximum absolute atomic E-state index is 13.2. The van der Waals surface area contributed by atoms with Gasteiger partial charge in [0.2, 0.25) is 0 Å². The molecule has 2 aromatic carbocycles. The Morgan fingerprint density at radius 1 is 1.07 bits per heavy atom. The molecule has 144 valence electrons. The van der Waals surface area contributed by atoms with Gasteiger partial charge in [-0.05, 0) is 31.2 Å². The van der Waals surface area contributed by atoms with E-state index in [0.717, 1.165) is 21.2 Å². The Morgan fingerprint density at radius 3 is 2.59 bits per heavy atom. The lowest BCUT2D eigenvalue weighted by atomic mass is 9.98. The van der Waals surface area contributed by atoms with Crippen LogP contribution in [0.4, 0.5) is 4.79 Å². The van der Waals surface area contributed by atoms with E-state index in [1.165, 1.54) is 0 Å². The third-order valence-electron chi connectivity index (χ3n) is 5.27. The number of halogens is 1. The first kappa shape index (κ1) is 17.7. The molecule has 1 aliphatic heterocycles. The zero-order valence-corrected chi connectivity index (χ0v) is 16.2. The summed E-state index contributed by atoms with van der Waals surface area (Å²) in [5.74, 6) is -0.00642. The van der Waals surface area contributed by atoms with Crippen molar-refractivity contribution in [3.63, 3.8) is 0 Å². The molecule has 1 N–H and O–H groups in total. The number of carbonyl (C=O) groups excluding carboxylic acids is 2. The third-order valence-corrected chi connectivity index (χ3v) is 5.60. The number of fused-ring (bicyclic) bond motifs is 2. The Hall–Kier alpha value is -3.38. The van der Waals surface area contributed by atoms with Gasteiger partial charge >= 0.3 is 6.03 Å². The number of hydrogen-bond acceptors (Lipinski definition) is 4. The van der Waals surface area contributed by atoms with Crippen molar-refractivity contribution in [1.29, 1.82) is 0 Å². The molecule has 2 aromatic heterocycles. The van der Waals surface area contributed by atoms with Gasteiger partial charge in [0.05, 0.1) is 12.1 Å². The standard InChI is InChI=1S/C22H16ClN3O3/c1-22(18-11-14-7-3-5-9-17(14)29-18)20(27)26(21(28)25-22)12-15-10-13-6-2-4-8-16(13)24-19(15)23/h2-11H,12H2,1H3,(H,25,28). The summed E-state index contributed by atoms with van der Waals surface area (Å²) in [6, 6.07) is 18.1. The SMILES string of the molecule is CC1(c2cc3ccccc3o2)NC(=O)N(Cc2cc3ccccc3nc2Cl)C1=O. The number of hydrogen-bond donors (Lipinski definition) is 1. The van der Waals surface area contributed by atoms with Crippen molar-refractivity contribution in [3.8, 4) is 0 Å². The summed E-state index contributed by atoms with van der Waals surface area (Å²) >= 11 is 6.32. The first-order chi connectivity index (χ1) is 14.0. The second kappa shape index (κ2) is 6.32. The molecule has 6 nitrogen and oxygen atoms in total. The molecule has 1 fully saturated rings. The topological polar surface area (TPSA) is 75.4 Å². The lowest BCUT2D eigenvalue weighted by Gasteiger charge is -2.19. The zero-order valence-electron chi connectivity index (χ0n) is 15.5. The molecule has 1 aliphatic rings. The molecule has 1 atom stereocenters. The van der Waals surface area contributed by atoms with Crippen molar-refractivity contribution in [2.45, 2.75) is 19.0 Å². The minimum atomic E-state index is -1.28. The minimum Gasteiger partial charge on any atom is -0.458 e. The third kappa shape index (κ3) is 2.76. The van der Waals surface area contributed by atoms with Crippen LogP contribution in [0.15, 0.2) is 65.1 Å². The summed E-state index contributed by atoms with van der Waals surface area (Å²) in [4.78, 5) is 31.4. The van der Waals surface area contributed by atoms with Crippen molar-refractivity contribution in [2.24, 2.45) is 0 Å². The molecule has 0 aliphatic carbocycles. The van der Waals surface area contributed by atoms with Crippen LogP contribution in [0.25, 0.3) is 21.9 Å². The molecule has 1 saturated heterocycles. The van der Waals surface area contributed by atoms with E-state index >= 15 is 0 Å². The van der Waals surface area contributed by atoms with Gasteiger partial charge < -0.3 is 9.73 Å². The predicted molar refractivity (Wildman–Crippen MR) is 109 cm³/mol. The van der Waals surface area contributed by atoms with Crippen LogP contribution in [-0.2, 0) is 16.9 Å². The van der Waals surface area contributed by atoms with E-state index in [9.17, 15) is 9.59 Å². The van der Waals surface area contributed by atoms with E-state index in [-0.39, 0.29) is 11.7 Å². The Bertz CT molecular complexity index is 1270. The number of amides is 3. The van der Waals surface area contributed by atoms with Crippen molar-refractivity contribution < 1.29 is 14.0 Å². The first-order valence-electron chi connectivity index (χ1n) is 9.13. The number of nitrogens with zero attached hydrogens (tertiary/aromatic N) is 2. The van der Waals surface area contributed by atoms with Crippen LogP contribution >= 0.6 is 11.6 Å². The fourth-order valence-corrected chi connectivity index (χ4v) is 3.86. The summed E-state index contributed by atoms with van der Waals surface area (Å²) in [6.45, 7) is 1.67. The van der Waals surface area contributed by atoms with E-state index in [1.807, 2.05) is 54.6 Å². The molecule has 0 radical (unpaired) electrons. The Balaban J connectivity index is 1.50. The van der Waals surface area contributed by atoms with E-state index in [1.54, 1.807) is 13.0 Å². The first-order valence-corrected chi connectivity index (χ1v) is 9.51. The molecule has 0 bridgehead atoms. The van der Waals surface area contributed by atoms with Gasteiger partial charge in [-0.15, -0.1) is 0 Å². The number of imide groups is 1. The average Bonchev–Trinajstić information content (AvgIpc) is 3.24. The van der Waals surface area contributed by atoms with Gasteiger partial charge in [-0.3, -0.25) is 9.69 Å². The maximum Gasteiger partial charge on any atom is 0.325 e. The van der Waals surface area contributed by atoms with E-state index in [2.05, 4.69) is 10.3 Å². The number of nitrogens with one attached hydrogen (secondary N) is 1. The molecular weight excluding hydrogens is 390 g/mol. The number of urea groups is 1. The molecular formula is C22H16ClN3O3. The highest BCUT2D eigenvalue weighted by Crippen LogP contribution is 2.34. The summed E-state index contributed by atoms with van der Waals surface area (Å²) in [5, 5.41) is 4.78. The normalized spacial score (nSPS) is 19.3. The number of benzene rings is 2. The fourth-order valence-electron chi connectivity index (χ4n) is 3.65. The largest absolute Gasteiger partial charge is 0.458 e. The Morgan fingerprint density at radius 2 is 1.79 bits per heavy atom. The Kier molecular flexibility index (Phi) is 3.86. The van der Waals surface area contributed by atoms with E-state index in [4.69, 9.17) is 16.0 Å². The number of pyridine rings is 1. The lowest BCUT2D eigenvalue weighted by molar-refractivity contribution is -0.132. The predicted octanol–water partition coefficient (Wildman–Crippen LogP) is 4.60. The molecule has 0 saturated carbocycles. The van der Waals surface area contributed by atoms with Crippen molar-refractivity contribution in [3.05, 3.63) is 77.1 Å². The van der Waals surface area contributed by atoms with Crippen LogP contribution < -0.4 is 5.32 Å². The molecule has 5 rings (SSSR count). The van der Waals surface area contributed by atoms with E-state index < -0.39 is 17.5 Å². The van der Waals surface area contributed by atoms with Crippen LogP contribution in [0.3, 0.4) is 0 Å². The van der Waals surface area contributed by atoms with Crippen LogP contribution in [0.2, 0.25) is 5.15 Å². The second-order valence-electron chi connectivity index (χ2n) is 7.23. The van der Waals surface area contributed by atoms with Gasteiger partial charge in [-0.2, -0.15) is 0 Å². The van der Waals surface area contributed by atoms with Gasteiger partial charge in [0.1, 0.15) is 16.5 Å². The fraction of sp³-hybridized carbons (Fsp3) is 0.136. The molecule has 3 heterocycles. The Labute approximate surface area is 171 Å². The van der Waals surface area contributed by atoms with Gasteiger partial charge in [0, 0.05) is 16.3 Å².